The van der Waals surface area contributed by atoms with E-state index in [1.54, 1.807) is 12.1 Å². The van der Waals surface area contributed by atoms with Crippen LogP contribution in [0, 0.1) is 3.57 Å². The Hall–Kier alpha value is -2.28. The zero-order chi connectivity index (χ0) is 22.6. The van der Waals surface area contributed by atoms with Gasteiger partial charge in [0.2, 0.25) is 0 Å². The van der Waals surface area contributed by atoms with Crippen LogP contribution in [0.3, 0.4) is 0 Å². The summed E-state index contributed by atoms with van der Waals surface area (Å²) in [5.74, 6) is 1.22. The van der Waals surface area contributed by atoms with Crippen LogP contribution in [0.15, 0.2) is 42.7 Å². The van der Waals surface area contributed by atoms with E-state index in [9.17, 15) is 4.39 Å². The molecule has 172 valence electrons. The van der Waals surface area contributed by atoms with Crippen molar-refractivity contribution in [3.8, 4) is 5.75 Å². The molecule has 0 saturated carbocycles. The number of anilines is 3. The Balaban J connectivity index is 1.47. The Kier molecular flexibility index (Phi) is 10.1. The van der Waals surface area contributed by atoms with Crippen molar-refractivity contribution in [1.82, 2.24) is 9.97 Å². The van der Waals surface area contributed by atoms with Crippen molar-refractivity contribution in [1.29, 1.82) is 0 Å². The molecular formula is C22H26FIN4O4. The number of ether oxygens (including phenoxy) is 4. The quantitative estimate of drug-likeness (QED) is 0.175. The fraction of sp³-hybridized carbons (Fsp3) is 0.364. The van der Waals surface area contributed by atoms with Gasteiger partial charge in [-0.2, -0.15) is 0 Å². The third kappa shape index (κ3) is 7.69. The number of nitrogens with one attached hydrogen (secondary N) is 1. The van der Waals surface area contributed by atoms with E-state index in [-0.39, 0.29) is 6.61 Å². The van der Waals surface area contributed by atoms with Crippen LogP contribution in [0.1, 0.15) is 0 Å². The van der Waals surface area contributed by atoms with Crippen molar-refractivity contribution in [3.05, 3.63) is 46.3 Å². The number of fused-ring (bicyclic) bond motifs is 1. The van der Waals surface area contributed by atoms with Gasteiger partial charge in [0.25, 0.3) is 0 Å². The summed E-state index contributed by atoms with van der Waals surface area (Å²) < 4.78 is 34.5. The molecule has 0 amide bonds. The van der Waals surface area contributed by atoms with E-state index >= 15 is 0 Å². The Morgan fingerprint density at radius 3 is 2.34 bits per heavy atom. The molecule has 0 aliphatic rings. The molecule has 0 saturated heterocycles. The highest BCUT2D eigenvalue weighted by atomic mass is 127. The molecule has 0 atom stereocenters. The normalized spacial score (nSPS) is 11.1. The minimum atomic E-state index is -0.483. The lowest BCUT2D eigenvalue weighted by Gasteiger charge is -2.13. The average Bonchev–Trinajstić information content (AvgIpc) is 2.78. The maximum atomic E-state index is 11.9. The number of nitrogen functional groups attached to an aromatic ring is 1. The number of aromatic nitrogens is 2. The summed E-state index contributed by atoms with van der Waals surface area (Å²) in [6.07, 6.45) is 1.50. The molecule has 10 heteroatoms. The first kappa shape index (κ1) is 24.4. The fourth-order valence-corrected chi connectivity index (χ4v) is 3.38. The zero-order valence-electron chi connectivity index (χ0n) is 17.6. The number of hydrogen-bond acceptors (Lipinski definition) is 8. The van der Waals surface area contributed by atoms with Crippen LogP contribution < -0.4 is 15.8 Å². The second-order valence-corrected chi connectivity index (χ2v) is 7.88. The van der Waals surface area contributed by atoms with Gasteiger partial charge in [-0.25, -0.2) is 14.4 Å². The summed E-state index contributed by atoms with van der Waals surface area (Å²) in [7, 11) is 0. The van der Waals surface area contributed by atoms with Crippen LogP contribution in [0.5, 0.6) is 5.75 Å². The molecule has 0 radical (unpaired) electrons. The molecule has 3 rings (SSSR count). The number of rotatable bonds is 14. The van der Waals surface area contributed by atoms with Crippen molar-refractivity contribution in [3.63, 3.8) is 0 Å². The third-order valence-corrected chi connectivity index (χ3v) is 4.98. The molecule has 3 N–H and O–H groups in total. The lowest BCUT2D eigenvalue weighted by atomic mass is 10.2. The van der Waals surface area contributed by atoms with Crippen LogP contribution in [0.4, 0.5) is 21.6 Å². The minimum Gasteiger partial charge on any atom is -0.489 e. The summed E-state index contributed by atoms with van der Waals surface area (Å²) in [5.41, 5.74) is 8.35. The summed E-state index contributed by atoms with van der Waals surface area (Å²) in [4.78, 5) is 8.70. The van der Waals surface area contributed by atoms with Crippen molar-refractivity contribution in [2.24, 2.45) is 0 Å². The Bertz CT molecular complexity index is 995. The first-order valence-corrected chi connectivity index (χ1v) is 11.2. The Morgan fingerprint density at radius 2 is 1.62 bits per heavy atom. The number of nitrogens with two attached hydrogens (primary N) is 1. The topological polar surface area (TPSA) is 101 Å². The maximum Gasteiger partial charge on any atom is 0.144 e. The van der Waals surface area contributed by atoms with E-state index < -0.39 is 6.67 Å². The third-order valence-electron chi connectivity index (χ3n) is 4.30. The first-order valence-electron chi connectivity index (χ1n) is 10.2. The number of nitrogens with zero attached hydrogens (tertiary/aromatic N) is 2. The van der Waals surface area contributed by atoms with Gasteiger partial charge in [0.05, 0.1) is 50.8 Å². The van der Waals surface area contributed by atoms with Gasteiger partial charge in [-0.15, -0.1) is 0 Å². The number of halogens is 2. The molecule has 1 aromatic heterocycles. The molecule has 1 heterocycles. The molecule has 3 aromatic rings. The highest BCUT2D eigenvalue weighted by molar-refractivity contribution is 14.1. The van der Waals surface area contributed by atoms with Gasteiger partial charge in [-0.1, -0.05) is 6.07 Å². The van der Waals surface area contributed by atoms with Gasteiger partial charge >= 0.3 is 0 Å². The molecule has 0 aliphatic carbocycles. The Morgan fingerprint density at radius 1 is 0.906 bits per heavy atom. The number of alkyl halides is 1. The SMILES string of the molecule is Nc1cc2c(Nc3cccc(I)c3)ncnc2cc1OCCOCCOCCOCCF. The summed E-state index contributed by atoms with van der Waals surface area (Å²) in [6.45, 7) is 2.00. The van der Waals surface area contributed by atoms with Gasteiger partial charge in [-0.3, -0.25) is 0 Å². The molecular weight excluding hydrogens is 530 g/mol. The molecule has 0 aliphatic heterocycles. The lowest BCUT2D eigenvalue weighted by Crippen LogP contribution is -2.13. The Labute approximate surface area is 199 Å². The van der Waals surface area contributed by atoms with Crippen LogP contribution >= 0.6 is 22.6 Å². The van der Waals surface area contributed by atoms with E-state index in [1.165, 1.54) is 6.33 Å². The van der Waals surface area contributed by atoms with Gasteiger partial charge in [0.15, 0.2) is 0 Å². The largest absolute Gasteiger partial charge is 0.489 e. The summed E-state index contributed by atoms with van der Waals surface area (Å²) in [5, 5.41) is 4.12. The fourth-order valence-electron chi connectivity index (χ4n) is 2.84. The van der Waals surface area contributed by atoms with E-state index in [2.05, 4.69) is 37.9 Å². The van der Waals surface area contributed by atoms with E-state index in [0.717, 1.165) is 20.2 Å². The molecule has 32 heavy (non-hydrogen) atoms. The second kappa shape index (κ2) is 13.3. The zero-order valence-corrected chi connectivity index (χ0v) is 19.7. The smallest absolute Gasteiger partial charge is 0.144 e. The predicted octanol–water partition coefficient (Wildman–Crippen LogP) is 3.96. The van der Waals surface area contributed by atoms with Crippen LogP contribution in [0.25, 0.3) is 10.9 Å². The van der Waals surface area contributed by atoms with Gasteiger partial charge in [0, 0.05) is 20.7 Å². The van der Waals surface area contributed by atoms with Gasteiger partial charge < -0.3 is 30.0 Å². The molecule has 0 fully saturated rings. The second-order valence-electron chi connectivity index (χ2n) is 6.64. The standard InChI is InChI=1S/C22H26FIN4O4/c23-4-5-29-6-7-30-8-9-31-10-11-32-21-14-20-18(13-19(21)25)22(27-15-26-20)28-17-3-1-2-16(24)12-17/h1-3,12-15H,4-11,25H2,(H,26,27,28). The average molecular weight is 556 g/mol. The lowest BCUT2D eigenvalue weighted by molar-refractivity contribution is 0.00755. The monoisotopic (exact) mass is 556 g/mol. The predicted molar refractivity (Wildman–Crippen MR) is 130 cm³/mol. The minimum absolute atomic E-state index is 0.103. The molecule has 0 unspecified atom stereocenters. The molecule has 8 nitrogen and oxygen atoms in total. The summed E-state index contributed by atoms with van der Waals surface area (Å²) in [6, 6.07) is 11.6. The molecule has 0 bridgehead atoms. The van der Waals surface area contributed by atoms with Gasteiger partial charge in [0.1, 0.15) is 31.2 Å². The highest BCUT2D eigenvalue weighted by Gasteiger charge is 2.10. The van der Waals surface area contributed by atoms with Crippen molar-refractivity contribution in [2.75, 3.05) is 64.0 Å². The van der Waals surface area contributed by atoms with Crippen LogP contribution in [-0.2, 0) is 14.2 Å². The van der Waals surface area contributed by atoms with Crippen molar-refractivity contribution in [2.45, 2.75) is 0 Å². The van der Waals surface area contributed by atoms with Gasteiger partial charge in [-0.05, 0) is 46.9 Å². The van der Waals surface area contributed by atoms with Crippen molar-refractivity contribution >= 4 is 50.7 Å². The first-order chi connectivity index (χ1) is 15.7. The summed E-state index contributed by atoms with van der Waals surface area (Å²) >= 11 is 2.26. The highest BCUT2D eigenvalue weighted by Crippen LogP contribution is 2.31. The van der Waals surface area contributed by atoms with Crippen molar-refractivity contribution < 1.29 is 23.3 Å². The van der Waals surface area contributed by atoms with Crippen LogP contribution in [0.2, 0.25) is 0 Å². The molecule has 0 spiro atoms. The molecule has 2 aromatic carbocycles. The number of hydrogen-bond donors (Lipinski definition) is 2. The number of benzene rings is 2. The maximum absolute atomic E-state index is 11.9. The van der Waals surface area contributed by atoms with E-state index in [0.29, 0.717) is 56.9 Å². The van der Waals surface area contributed by atoms with E-state index in [4.69, 9.17) is 24.7 Å². The van der Waals surface area contributed by atoms with E-state index in [1.807, 2.05) is 24.3 Å². The van der Waals surface area contributed by atoms with Crippen LogP contribution in [-0.4, -0.2) is 62.9 Å².